The number of aromatic amines is 1. The lowest BCUT2D eigenvalue weighted by atomic mass is 9.92. The molecule has 0 aliphatic rings. The van der Waals surface area contributed by atoms with Crippen molar-refractivity contribution in [3.8, 4) is 0 Å². The molecule has 0 radical (unpaired) electrons. The van der Waals surface area contributed by atoms with Crippen LogP contribution in [-0.2, 0) is 11.2 Å². The fraction of sp³-hybridized carbons (Fsp3) is 0.476. The van der Waals surface area contributed by atoms with Crippen LogP contribution in [0.1, 0.15) is 69.7 Å². The normalized spacial score (nSPS) is 11.2. The average molecular weight is 388 g/mol. The van der Waals surface area contributed by atoms with E-state index in [1.807, 2.05) is 13.0 Å². The van der Waals surface area contributed by atoms with E-state index in [2.05, 4.69) is 55.1 Å². The Bertz CT molecular complexity index is 817. The maximum atomic E-state index is 12.6. The van der Waals surface area contributed by atoms with Crippen molar-refractivity contribution in [3.63, 3.8) is 0 Å². The summed E-state index contributed by atoms with van der Waals surface area (Å²) in [5, 5.41) is 3.58. The number of H-pyrrole nitrogens is 1. The number of nitrogens with zero attached hydrogens (tertiary/aromatic N) is 1. The zero-order chi connectivity index (χ0) is 20.0. The molecule has 5 nitrogen and oxygen atoms in total. The first-order valence-electron chi connectivity index (χ1n) is 9.47. The van der Waals surface area contributed by atoms with E-state index in [4.69, 9.17) is 0 Å². The number of anilines is 1. The molecule has 0 unspecified atom stereocenters. The van der Waals surface area contributed by atoms with Gasteiger partial charge in [-0.1, -0.05) is 71.0 Å². The summed E-state index contributed by atoms with van der Waals surface area (Å²) >= 11 is 1.25. The third kappa shape index (κ3) is 5.96. The summed E-state index contributed by atoms with van der Waals surface area (Å²) in [5.74, 6) is 0.729. The summed E-state index contributed by atoms with van der Waals surface area (Å²) < 4.78 is 0. The molecule has 0 aliphatic carbocycles. The standard InChI is InChI=1S/C21H29N3O2S/c1-6-8-15-11-18(25)24-21(22-15)27-12-19(26)23-20-16(13(2)3)9-7-10-17(20)14(4)5/h7,9-11,13-14H,6,8,12H2,1-5H3,(H,23,26)(H,22,24,25). The van der Waals surface area contributed by atoms with Crippen molar-refractivity contribution < 1.29 is 4.79 Å². The number of hydrogen-bond donors (Lipinski definition) is 2. The predicted molar refractivity (Wildman–Crippen MR) is 113 cm³/mol. The molecule has 0 bridgehead atoms. The Balaban J connectivity index is 2.14. The van der Waals surface area contributed by atoms with Gasteiger partial charge < -0.3 is 10.3 Å². The van der Waals surface area contributed by atoms with E-state index < -0.39 is 0 Å². The van der Waals surface area contributed by atoms with Crippen LogP contribution in [-0.4, -0.2) is 21.6 Å². The lowest BCUT2D eigenvalue weighted by Gasteiger charge is -2.20. The van der Waals surface area contributed by atoms with Gasteiger partial charge in [0, 0.05) is 17.4 Å². The Hall–Kier alpha value is -2.08. The van der Waals surface area contributed by atoms with Crippen LogP contribution >= 0.6 is 11.8 Å². The molecule has 0 saturated carbocycles. The minimum Gasteiger partial charge on any atom is -0.325 e. The molecule has 1 aromatic carbocycles. The van der Waals surface area contributed by atoms with Crippen LogP contribution in [0.4, 0.5) is 5.69 Å². The summed E-state index contributed by atoms with van der Waals surface area (Å²) in [6.07, 6.45) is 1.67. The molecular formula is C21H29N3O2S. The van der Waals surface area contributed by atoms with Crippen LogP contribution < -0.4 is 10.9 Å². The first kappa shape index (κ1) is 21.2. The van der Waals surface area contributed by atoms with Gasteiger partial charge in [-0.05, 0) is 29.4 Å². The zero-order valence-electron chi connectivity index (χ0n) is 16.8. The van der Waals surface area contributed by atoms with Crippen LogP contribution in [0.5, 0.6) is 0 Å². The molecule has 1 amide bonds. The maximum absolute atomic E-state index is 12.6. The number of nitrogens with one attached hydrogen (secondary N) is 2. The highest BCUT2D eigenvalue weighted by Gasteiger charge is 2.16. The molecule has 1 aromatic heterocycles. The first-order valence-corrected chi connectivity index (χ1v) is 10.5. The number of carbonyl (C=O) groups excluding carboxylic acids is 1. The third-order valence-electron chi connectivity index (χ3n) is 4.26. The topological polar surface area (TPSA) is 74.8 Å². The highest BCUT2D eigenvalue weighted by atomic mass is 32.2. The second-order valence-electron chi connectivity index (χ2n) is 7.25. The minimum absolute atomic E-state index is 0.0986. The van der Waals surface area contributed by atoms with Gasteiger partial charge in [-0.15, -0.1) is 0 Å². The average Bonchev–Trinajstić information content (AvgIpc) is 2.59. The van der Waals surface area contributed by atoms with Crippen LogP contribution in [0.15, 0.2) is 34.2 Å². The quantitative estimate of drug-likeness (QED) is 0.508. The number of aromatic nitrogens is 2. The number of aryl methyl sites for hydroxylation is 1. The molecule has 0 aliphatic heterocycles. The van der Waals surface area contributed by atoms with Gasteiger partial charge in [-0.25, -0.2) is 4.98 Å². The van der Waals surface area contributed by atoms with Crippen molar-refractivity contribution in [2.24, 2.45) is 0 Å². The fourth-order valence-electron chi connectivity index (χ4n) is 2.94. The second-order valence-corrected chi connectivity index (χ2v) is 8.21. The number of benzene rings is 1. The van der Waals surface area contributed by atoms with Crippen molar-refractivity contribution in [1.29, 1.82) is 0 Å². The summed E-state index contributed by atoms with van der Waals surface area (Å²) in [5.41, 5.74) is 3.77. The summed E-state index contributed by atoms with van der Waals surface area (Å²) in [4.78, 5) is 31.5. The van der Waals surface area contributed by atoms with Crippen LogP contribution in [0.2, 0.25) is 0 Å². The monoisotopic (exact) mass is 387 g/mol. The number of amides is 1. The number of thioether (sulfide) groups is 1. The van der Waals surface area contributed by atoms with Crippen molar-refractivity contribution in [1.82, 2.24) is 9.97 Å². The van der Waals surface area contributed by atoms with Gasteiger partial charge in [-0.3, -0.25) is 9.59 Å². The third-order valence-corrected chi connectivity index (χ3v) is 5.13. The van der Waals surface area contributed by atoms with Gasteiger partial charge in [0.25, 0.3) is 5.56 Å². The molecule has 0 fully saturated rings. The van der Waals surface area contributed by atoms with E-state index in [0.29, 0.717) is 17.0 Å². The summed E-state index contributed by atoms with van der Waals surface area (Å²) in [6, 6.07) is 7.68. The van der Waals surface area contributed by atoms with Gasteiger partial charge >= 0.3 is 0 Å². The highest BCUT2D eigenvalue weighted by Crippen LogP contribution is 2.32. The molecule has 0 atom stereocenters. The molecule has 0 saturated heterocycles. The SMILES string of the molecule is CCCc1cc(=O)[nH]c(SCC(=O)Nc2c(C(C)C)cccc2C(C)C)n1. The fourth-order valence-corrected chi connectivity index (χ4v) is 3.64. The predicted octanol–water partition coefficient (Wildman–Crippen LogP) is 4.70. The van der Waals surface area contributed by atoms with Crippen LogP contribution in [0, 0.1) is 0 Å². The van der Waals surface area contributed by atoms with Gasteiger partial charge in [-0.2, -0.15) is 0 Å². The largest absolute Gasteiger partial charge is 0.325 e. The number of para-hydroxylation sites is 1. The molecule has 146 valence electrons. The van der Waals surface area contributed by atoms with E-state index in [1.165, 1.54) is 17.8 Å². The van der Waals surface area contributed by atoms with Gasteiger partial charge in [0.2, 0.25) is 5.91 Å². The lowest BCUT2D eigenvalue weighted by Crippen LogP contribution is -2.18. The van der Waals surface area contributed by atoms with Crippen molar-refractivity contribution in [2.75, 3.05) is 11.1 Å². The van der Waals surface area contributed by atoms with Crippen LogP contribution in [0.3, 0.4) is 0 Å². The summed E-state index contributed by atoms with van der Waals surface area (Å²) in [6.45, 7) is 10.5. The minimum atomic E-state index is -0.177. The smallest absolute Gasteiger partial charge is 0.251 e. The number of hydrogen-bond acceptors (Lipinski definition) is 4. The Labute approximate surface area is 165 Å². The number of carbonyl (C=O) groups is 1. The Morgan fingerprint density at radius 2 is 1.81 bits per heavy atom. The first-order chi connectivity index (χ1) is 12.8. The second kappa shape index (κ2) is 9.74. The van der Waals surface area contributed by atoms with Gasteiger partial charge in [0.1, 0.15) is 0 Å². The molecule has 1 heterocycles. The zero-order valence-corrected chi connectivity index (χ0v) is 17.6. The molecule has 2 aromatic rings. The van der Waals surface area contributed by atoms with Crippen molar-refractivity contribution in [3.05, 3.63) is 51.4 Å². The molecule has 2 rings (SSSR count). The Morgan fingerprint density at radius 3 is 2.37 bits per heavy atom. The van der Waals surface area contributed by atoms with E-state index >= 15 is 0 Å². The van der Waals surface area contributed by atoms with Crippen molar-refractivity contribution >= 4 is 23.4 Å². The van der Waals surface area contributed by atoms with E-state index in [1.54, 1.807) is 0 Å². The molecule has 0 spiro atoms. The van der Waals surface area contributed by atoms with E-state index in [0.717, 1.165) is 35.3 Å². The molecule has 6 heteroatoms. The molecule has 27 heavy (non-hydrogen) atoms. The molecule has 2 N–H and O–H groups in total. The van der Waals surface area contributed by atoms with Crippen molar-refractivity contribution in [2.45, 2.75) is 64.5 Å². The lowest BCUT2D eigenvalue weighted by molar-refractivity contribution is -0.113. The Kier molecular flexibility index (Phi) is 7.66. The Morgan fingerprint density at radius 1 is 1.19 bits per heavy atom. The van der Waals surface area contributed by atoms with E-state index in [9.17, 15) is 9.59 Å². The van der Waals surface area contributed by atoms with Gasteiger partial charge in [0.15, 0.2) is 5.16 Å². The molecular weight excluding hydrogens is 358 g/mol. The maximum Gasteiger partial charge on any atom is 0.251 e. The van der Waals surface area contributed by atoms with Gasteiger partial charge in [0.05, 0.1) is 5.75 Å². The summed E-state index contributed by atoms with van der Waals surface area (Å²) in [7, 11) is 0. The number of rotatable bonds is 8. The van der Waals surface area contributed by atoms with Crippen LogP contribution in [0.25, 0.3) is 0 Å². The van der Waals surface area contributed by atoms with E-state index in [-0.39, 0.29) is 17.2 Å². The highest BCUT2D eigenvalue weighted by molar-refractivity contribution is 7.99.